The van der Waals surface area contributed by atoms with Crippen LogP contribution in [0.25, 0.3) is 0 Å². The normalized spacial score (nSPS) is 12.7. The van der Waals surface area contributed by atoms with E-state index >= 15 is 0 Å². The summed E-state index contributed by atoms with van der Waals surface area (Å²) in [6.45, 7) is 0.709. The lowest BCUT2D eigenvalue weighted by Gasteiger charge is -2.06. The van der Waals surface area contributed by atoms with E-state index in [9.17, 15) is 4.79 Å². The van der Waals surface area contributed by atoms with Crippen molar-refractivity contribution in [2.24, 2.45) is 11.5 Å². The van der Waals surface area contributed by atoms with E-state index in [1.165, 1.54) is 6.33 Å². The third-order valence-electron chi connectivity index (χ3n) is 1.73. The molecule has 0 aromatic carbocycles. The molecule has 0 spiro atoms. The molecule has 0 saturated heterocycles. The summed E-state index contributed by atoms with van der Waals surface area (Å²) in [6, 6.07) is -0.552. The van der Waals surface area contributed by atoms with Crippen molar-refractivity contribution >= 4 is 5.91 Å². The first-order valence-corrected chi connectivity index (χ1v) is 4.07. The van der Waals surface area contributed by atoms with E-state index in [1.54, 1.807) is 11.0 Å². The molecule has 0 aliphatic carbocycles. The van der Waals surface area contributed by atoms with E-state index < -0.39 is 11.9 Å². The van der Waals surface area contributed by atoms with Crippen LogP contribution in [-0.2, 0) is 11.3 Å². The Morgan fingerprint density at radius 1 is 1.62 bits per heavy atom. The molecule has 0 fully saturated rings. The van der Waals surface area contributed by atoms with Crippen LogP contribution in [0.1, 0.15) is 12.8 Å². The van der Waals surface area contributed by atoms with Crippen molar-refractivity contribution in [3.63, 3.8) is 0 Å². The zero-order chi connectivity index (χ0) is 9.68. The van der Waals surface area contributed by atoms with Gasteiger partial charge in [0.15, 0.2) is 0 Å². The van der Waals surface area contributed by atoms with E-state index in [0.29, 0.717) is 13.0 Å². The molecular formula is C7H13N5O. The molecule has 1 heterocycles. The number of primary amides is 1. The minimum absolute atomic E-state index is 0.460. The maximum absolute atomic E-state index is 10.6. The molecule has 0 aliphatic heterocycles. The highest BCUT2D eigenvalue weighted by Crippen LogP contribution is 1.96. The third-order valence-corrected chi connectivity index (χ3v) is 1.73. The van der Waals surface area contributed by atoms with Crippen LogP contribution in [-0.4, -0.2) is 26.7 Å². The summed E-state index contributed by atoms with van der Waals surface area (Å²) in [5.74, 6) is -0.460. The third kappa shape index (κ3) is 3.20. The summed E-state index contributed by atoms with van der Waals surface area (Å²) < 4.78 is 1.69. The first kappa shape index (κ1) is 9.66. The smallest absolute Gasteiger partial charge is 0.234 e. The maximum Gasteiger partial charge on any atom is 0.234 e. The van der Waals surface area contributed by atoms with Crippen molar-refractivity contribution in [2.45, 2.75) is 25.4 Å². The molecule has 0 saturated carbocycles. The zero-order valence-corrected chi connectivity index (χ0v) is 7.26. The summed E-state index contributed by atoms with van der Waals surface area (Å²) in [4.78, 5) is 14.3. The molecule has 4 N–H and O–H groups in total. The van der Waals surface area contributed by atoms with Crippen molar-refractivity contribution in [1.82, 2.24) is 14.8 Å². The van der Waals surface area contributed by atoms with E-state index in [1.807, 2.05) is 0 Å². The fourth-order valence-corrected chi connectivity index (χ4v) is 0.964. The van der Waals surface area contributed by atoms with Crippen molar-refractivity contribution in [3.8, 4) is 0 Å². The van der Waals surface area contributed by atoms with Crippen LogP contribution in [0.5, 0.6) is 0 Å². The van der Waals surface area contributed by atoms with Crippen LogP contribution in [0.15, 0.2) is 12.7 Å². The van der Waals surface area contributed by atoms with E-state index in [2.05, 4.69) is 10.1 Å². The second kappa shape index (κ2) is 4.56. The van der Waals surface area contributed by atoms with Gasteiger partial charge in [-0.1, -0.05) is 0 Å². The molecule has 0 bridgehead atoms. The minimum Gasteiger partial charge on any atom is -0.368 e. The van der Waals surface area contributed by atoms with Gasteiger partial charge in [-0.15, -0.1) is 0 Å². The Bertz CT molecular complexity index is 258. The second-order valence-corrected chi connectivity index (χ2v) is 2.81. The molecule has 0 aliphatic rings. The highest BCUT2D eigenvalue weighted by Gasteiger charge is 2.07. The molecule has 1 unspecified atom stereocenters. The van der Waals surface area contributed by atoms with E-state index in [4.69, 9.17) is 11.5 Å². The fraction of sp³-hybridized carbons (Fsp3) is 0.571. The Balaban J connectivity index is 2.18. The molecule has 1 rings (SSSR count). The number of nitrogens with zero attached hydrogens (tertiary/aromatic N) is 3. The van der Waals surface area contributed by atoms with Crippen LogP contribution < -0.4 is 11.5 Å². The largest absolute Gasteiger partial charge is 0.368 e. The van der Waals surface area contributed by atoms with Crippen molar-refractivity contribution in [3.05, 3.63) is 12.7 Å². The zero-order valence-electron chi connectivity index (χ0n) is 7.26. The average molecular weight is 183 g/mol. The van der Waals surface area contributed by atoms with Crippen LogP contribution in [0.2, 0.25) is 0 Å². The highest BCUT2D eigenvalue weighted by atomic mass is 16.1. The number of nitrogens with two attached hydrogens (primary N) is 2. The molecular weight excluding hydrogens is 170 g/mol. The van der Waals surface area contributed by atoms with Gasteiger partial charge in [0, 0.05) is 6.54 Å². The van der Waals surface area contributed by atoms with Crippen molar-refractivity contribution < 1.29 is 4.79 Å². The average Bonchev–Trinajstić information content (AvgIpc) is 2.56. The van der Waals surface area contributed by atoms with Gasteiger partial charge in [0.2, 0.25) is 5.91 Å². The van der Waals surface area contributed by atoms with E-state index in [-0.39, 0.29) is 0 Å². The van der Waals surface area contributed by atoms with Gasteiger partial charge in [-0.25, -0.2) is 4.98 Å². The van der Waals surface area contributed by atoms with Gasteiger partial charge >= 0.3 is 0 Å². The molecule has 1 aromatic heterocycles. The Morgan fingerprint density at radius 3 is 2.92 bits per heavy atom. The number of rotatable bonds is 5. The summed E-state index contributed by atoms with van der Waals surface area (Å²) in [5, 5.41) is 3.91. The van der Waals surface area contributed by atoms with Crippen LogP contribution in [0.3, 0.4) is 0 Å². The molecule has 1 aromatic rings. The monoisotopic (exact) mass is 183 g/mol. The van der Waals surface area contributed by atoms with Gasteiger partial charge in [-0.2, -0.15) is 5.10 Å². The number of carbonyl (C=O) groups excluding carboxylic acids is 1. The first-order valence-electron chi connectivity index (χ1n) is 4.07. The topological polar surface area (TPSA) is 99.8 Å². The number of amides is 1. The summed E-state index contributed by atoms with van der Waals surface area (Å²) in [5.41, 5.74) is 10.4. The van der Waals surface area contributed by atoms with Gasteiger partial charge in [-0.3, -0.25) is 9.48 Å². The van der Waals surface area contributed by atoms with Crippen LogP contribution in [0.4, 0.5) is 0 Å². The lowest BCUT2D eigenvalue weighted by Crippen LogP contribution is -2.36. The molecule has 6 heteroatoms. The quantitative estimate of drug-likeness (QED) is 0.603. The Morgan fingerprint density at radius 2 is 2.38 bits per heavy atom. The van der Waals surface area contributed by atoms with Gasteiger partial charge < -0.3 is 11.5 Å². The highest BCUT2D eigenvalue weighted by molar-refractivity contribution is 5.79. The number of hydrogen-bond acceptors (Lipinski definition) is 4. The second-order valence-electron chi connectivity index (χ2n) is 2.81. The molecule has 13 heavy (non-hydrogen) atoms. The predicted molar refractivity (Wildman–Crippen MR) is 46.4 cm³/mol. The Kier molecular flexibility index (Phi) is 3.39. The standard InChI is InChI=1S/C7H13N5O/c8-6(7(9)13)2-1-3-12-5-10-4-11-12/h4-6H,1-3,8H2,(H2,9,13). The molecule has 6 nitrogen and oxygen atoms in total. The molecule has 1 amide bonds. The maximum atomic E-state index is 10.6. The lowest BCUT2D eigenvalue weighted by molar-refractivity contribution is -0.119. The van der Waals surface area contributed by atoms with Gasteiger partial charge in [0.05, 0.1) is 6.04 Å². The number of aryl methyl sites for hydroxylation is 1. The summed E-state index contributed by atoms with van der Waals surface area (Å²) in [6.07, 6.45) is 4.44. The van der Waals surface area contributed by atoms with Gasteiger partial charge in [-0.05, 0) is 12.8 Å². The number of carbonyl (C=O) groups is 1. The van der Waals surface area contributed by atoms with Gasteiger partial charge in [0.25, 0.3) is 0 Å². The summed E-state index contributed by atoms with van der Waals surface area (Å²) >= 11 is 0. The number of hydrogen-bond donors (Lipinski definition) is 2. The van der Waals surface area contributed by atoms with Gasteiger partial charge in [0.1, 0.15) is 12.7 Å². The van der Waals surface area contributed by atoms with Crippen LogP contribution in [0, 0.1) is 0 Å². The van der Waals surface area contributed by atoms with Crippen LogP contribution >= 0.6 is 0 Å². The fourth-order valence-electron chi connectivity index (χ4n) is 0.964. The Hall–Kier alpha value is -1.43. The SMILES string of the molecule is NC(=O)C(N)CCCn1cncn1. The first-order chi connectivity index (χ1) is 6.20. The number of aromatic nitrogens is 3. The molecule has 0 radical (unpaired) electrons. The molecule has 72 valence electrons. The van der Waals surface area contributed by atoms with Crippen molar-refractivity contribution in [1.29, 1.82) is 0 Å². The summed E-state index contributed by atoms with van der Waals surface area (Å²) in [7, 11) is 0. The molecule has 1 atom stereocenters. The lowest BCUT2D eigenvalue weighted by atomic mass is 10.1. The Labute approximate surface area is 75.9 Å². The van der Waals surface area contributed by atoms with E-state index in [0.717, 1.165) is 6.42 Å². The predicted octanol–water partition coefficient (Wildman–Crippen LogP) is -1.13. The minimum atomic E-state index is -0.552. The van der Waals surface area contributed by atoms with Crippen molar-refractivity contribution in [2.75, 3.05) is 0 Å².